The van der Waals surface area contributed by atoms with Crippen molar-refractivity contribution in [2.75, 3.05) is 6.61 Å². The van der Waals surface area contributed by atoms with Crippen molar-refractivity contribution in [1.29, 1.82) is 0 Å². The highest BCUT2D eigenvalue weighted by atomic mass is 35.5. The molecule has 0 unspecified atom stereocenters. The van der Waals surface area contributed by atoms with Crippen molar-refractivity contribution >= 4 is 11.6 Å². The second-order valence-electron chi connectivity index (χ2n) is 2.23. The standard InChI is InChI=1S/C6H11ClO/c1-5-6(7)3-2-4-8-5/h5-6H,2-4H2,1H3/t5-,6-/m0/s1. The van der Waals surface area contributed by atoms with E-state index in [0.29, 0.717) is 0 Å². The van der Waals surface area contributed by atoms with Crippen molar-refractivity contribution in [1.82, 2.24) is 0 Å². The Morgan fingerprint density at radius 2 is 2.38 bits per heavy atom. The largest absolute Gasteiger partial charge is 0.377 e. The van der Waals surface area contributed by atoms with Crippen molar-refractivity contribution < 1.29 is 4.74 Å². The topological polar surface area (TPSA) is 9.23 Å². The summed E-state index contributed by atoms with van der Waals surface area (Å²) >= 11 is 5.84. The van der Waals surface area contributed by atoms with Crippen molar-refractivity contribution in [2.24, 2.45) is 0 Å². The van der Waals surface area contributed by atoms with E-state index in [1.165, 1.54) is 0 Å². The van der Waals surface area contributed by atoms with Crippen LogP contribution in [0.15, 0.2) is 0 Å². The molecular formula is C6H11ClO. The fourth-order valence-corrected chi connectivity index (χ4v) is 1.11. The van der Waals surface area contributed by atoms with E-state index in [1.807, 2.05) is 6.92 Å². The molecule has 1 nitrogen and oxygen atoms in total. The minimum Gasteiger partial charge on any atom is -0.377 e. The van der Waals surface area contributed by atoms with E-state index < -0.39 is 0 Å². The zero-order valence-corrected chi connectivity index (χ0v) is 5.82. The third-order valence-corrected chi connectivity index (χ3v) is 2.09. The molecule has 0 aliphatic carbocycles. The molecule has 1 fully saturated rings. The Balaban J connectivity index is 2.28. The Hall–Kier alpha value is 0.250. The number of hydrogen-bond acceptors (Lipinski definition) is 1. The molecule has 48 valence electrons. The van der Waals surface area contributed by atoms with Crippen LogP contribution in [-0.2, 0) is 4.74 Å². The van der Waals surface area contributed by atoms with Gasteiger partial charge in [-0.15, -0.1) is 11.6 Å². The second kappa shape index (κ2) is 2.70. The number of ether oxygens (including phenoxy) is 1. The van der Waals surface area contributed by atoms with Crippen LogP contribution in [0.25, 0.3) is 0 Å². The molecule has 0 saturated carbocycles. The van der Waals surface area contributed by atoms with E-state index in [-0.39, 0.29) is 11.5 Å². The molecule has 1 aliphatic rings. The first-order chi connectivity index (χ1) is 3.80. The van der Waals surface area contributed by atoms with E-state index in [1.54, 1.807) is 0 Å². The van der Waals surface area contributed by atoms with Gasteiger partial charge in [-0.25, -0.2) is 0 Å². The molecule has 0 N–H and O–H groups in total. The Morgan fingerprint density at radius 3 is 2.75 bits per heavy atom. The maximum Gasteiger partial charge on any atom is 0.0710 e. The Bertz CT molecular complexity index is 64.9. The highest BCUT2D eigenvalue weighted by Gasteiger charge is 2.18. The van der Waals surface area contributed by atoms with Gasteiger partial charge in [-0.05, 0) is 19.8 Å². The van der Waals surface area contributed by atoms with Crippen LogP contribution in [0, 0.1) is 0 Å². The summed E-state index contributed by atoms with van der Waals surface area (Å²) in [5, 5.41) is 0.253. The average Bonchev–Trinajstić information content (AvgIpc) is 1.77. The molecule has 0 radical (unpaired) electrons. The van der Waals surface area contributed by atoms with Gasteiger partial charge in [0.25, 0.3) is 0 Å². The minimum atomic E-state index is 0.253. The van der Waals surface area contributed by atoms with Crippen LogP contribution in [0.4, 0.5) is 0 Å². The lowest BCUT2D eigenvalue weighted by atomic mass is 10.1. The summed E-state index contributed by atoms with van der Waals surface area (Å²) in [5.74, 6) is 0. The first kappa shape index (κ1) is 6.37. The van der Waals surface area contributed by atoms with Crippen LogP contribution in [-0.4, -0.2) is 18.1 Å². The fraction of sp³-hybridized carbons (Fsp3) is 1.00. The molecule has 1 rings (SSSR count). The van der Waals surface area contributed by atoms with E-state index in [2.05, 4.69) is 0 Å². The normalized spacial score (nSPS) is 39.8. The minimum absolute atomic E-state index is 0.253. The molecule has 0 aromatic heterocycles. The number of rotatable bonds is 0. The predicted octanol–water partition coefficient (Wildman–Crippen LogP) is 1.79. The Kier molecular flexibility index (Phi) is 2.15. The van der Waals surface area contributed by atoms with Gasteiger partial charge < -0.3 is 4.74 Å². The van der Waals surface area contributed by atoms with Gasteiger partial charge in [0.05, 0.1) is 11.5 Å². The zero-order valence-electron chi connectivity index (χ0n) is 5.06. The molecule has 0 bridgehead atoms. The van der Waals surface area contributed by atoms with E-state index in [0.717, 1.165) is 19.4 Å². The highest BCUT2D eigenvalue weighted by molar-refractivity contribution is 6.21. The molecule has 0 amide bonds. The molecular weight excluding hydrogens is 124 g/mol. The summed E-state index contributed by atoms with van der Waals surface area (Å²) in [6.45, 7) is 2.92. The number of alkyl halides is 1. The summed E-state index contributed by atoms with van der Waals surface area (Å²) in [7, 11) is 0. The van der Waals surface area contributed by atoms with Gasteiger partial charge in [-0.3, -0.25) is 0 Å². The molecule has 1 heterocycles. The highest BCUT2D eigenvalue weighted by Crippen LogP contribution is 2.18. The first-order valence-corrected chi connectivity index (χ1v) is 3.50. The third kappa shape index (κ3) is 1.36. The monoisotopic (exact) mass is 134 g/mol. The summed E-state index contributed by atoms with van der Waals surface area (Å²) in [5.41, 5.74) is 0. The molecule has 1 aliphatic heterocycles. The lowest BCUT2D eigenvalue weighted by Crippen LogP contribution is -2.26. The summed E-state index contributed by atoms with van der Waals surface area (Å²) in [4.78, 5) is 0. The zero-order chi connectivity index (χ0) is 5.98. The van der Waals surface area contributed by atoms with Crippen LogP contribution >= 0.6 is 11.6 Å². The molecule has 2 atom stereocenters. The quantitative estimate of drug-likeness (QED) is 0.459. The van der Waals surface area contributed by atoms with Crippen LogP contribution < -0.4 is 0 Å². The second-order valence-corrected chi connectivity index (χ2v) is 2.79. The van der Waals surface area contributed by atoms with Gasteiger partial charge in [-0.1, -0.05) is 0 Å². The van der Waals surface area contributed by atoms with E-state index in [9.17, 15) is 0 Å². The lowest BCUT2D eigenvalue weighted by molar-refractivity contribution is 0.0318. The summed E-state index contributed by atoms with van der Waals surface area (Å²) < 4.78 is 5.26. The van der Waals surface area contributed by atoms with Gasteiger partial charge in [0.1, 0.15) is 0 Å². The molecule has 0 aromatic carbocycles. The van der Waals surface area contributed by atoms with Crippen LogP contribution in [0.1, 0.15) is 19.8 Å². The van der Waals surface area contributed by atoms with Crippen LogP contribution in [0.3, 0.4) is 0 Å². The third-order valence-electron chi connectivity index (χ3n) is 1.51. The summed E-state index contributed by atoms with van der Waals surface area (Å²) in [6.07, 6.45) is 2.51. The molecule has 8 heavy (non-hydrogen) atoms. The first-order valence-electron chi connectivity index (χ1n) is 3.06. The van der Waals surface area contributed by atoms with E-state index >= 15 is 0 Å². The number of hydrogen-bond donors (Lipinski definition) is 0. The van der Waals surface area contributed by atoms with Gasteiger partial charge in [0, 0.05) is 6.61 Å². The summed E-state index contributed by atoms with van der Waals surface area (Å²) in [6, 6.07) is 0. The van der Waals surface area contributed by atoms with Crippen LogP contribution in [0.5, 0.6) is 0 Å². The lowest BCUT2D eigenvalue weighted by Gasteiger charge is -2.23. The van der Waals surface area contributed by atoms with Crippen molar-refractivity contribution in [2.45, 2.75) is 31.2 Å². The van der Waals surface area contributed by atoms with Gasteiger partial charge in [-0.2, -0.15) is 0 Å². The molecule has 1 saturated heterocycles. The number of halogens is 1. The van der Waals surface area contributed by atoms with Crippen LogP contribution in [0.2, 0.25) is 0 Å². The van der Waals surface area contributed by atoms with Crippen molar-refractivity contribution in [3.63, 3.8) is 0 Å². The SMILES string of the molecule is C[C@@H]1OCCC[C@@H]1Cl. The Labute approximate surface area is 55.0 Å². The smallest absolute Gasteiger partial charge is 0.0710 e. The van der Waals surface area contributed by atoms with Crippen molar-refractivity contribution in [3.8, 4) is 0 Å². The van der Waals surface area contributed by atoms with E-state index in [4.69, 9.17) is 16.3 Å². The molecule has 0 spiro atoms. The fourth-order valence-electron chi connectivity index (χ4n) is 0.887. The van der Waals surface area contributed by atoms with Gasteiger partial charge in [0.15, 0.2) is 0 Å². The van der Waals surface area contributed by atoms with Crippen molar-refractivity contribution in [3.05, 3.63) is 0 Å². The maximum absolute atomic E-state index is 5.84. The van der Waals surface area contributed by atoms with Gasteiger partial charge >= 0.3 is 0 Å². The maximum atomic E-state index is 5.84. The average molecular weight is 135 g/mol. The predicted molar refractivity (Wildman–Crippen MR) is 34.3 cm³/mol. The van der Waals surface area contributed by atoms with Gasteiger partial charge in [0.2, 0.25) is 0 Å². The molecule has 0 aromatic rings. The molecule has 2 heteroatoms. The Morgan fingerprint density at radius 1 is 1.62 bits per heavy atom.